The van der Waals surface area contributed by atoms with Crippen molar-refractivity contribution in [1.29, 1.82) is 0 Å². The van der Waals surface area contributed by atoms with Crippen molar-refractivity contribution in [3.63, 3.8) is 0 Å². The second-order valence-electron chi connectivity index (χ2n) is 8.60. The van der Waals surface area contributed by atoms with E-state index in [-0.39, 0.29) is 23.1 Å². The Balaban J connectivity index is 1.54. The topological polar surface area (TPSA) is 191 Å². The molecule has 1 saturated heterocycles. The Morgan fingerprint density at radius 3 is 2.62 bits per heavy atom. The van der Waals surface area contributed by atoms with Crippen LogP contribution in [0.5, 0.6) is 0 Å². The fraction of sp³-hybridized carbons (Fsp3) is 0.318. The monoisotopic (exact) mass is 546 g/mol. The molecule has 0 radical (unpaired) electrons. The number of nitrogens with one attached hydrogen (secondary N) is 1. The number of carboxylic acid groups (broad SMARTS) is 2. The van der Waals surface area contributed by atoms with Gasteiger partial charge in [0.05, 0.1) is 5.97 Å². The SMILES string of the molecule is CC(C)(O/N=C(/C(=O)NC1C(=O)N2C(C(=O)[O-])C(C[n+]3ccccc3)=CSC12)c1csc(N)n1)C(=O)O. The first kappa shape index (κ1) is 26.1. The molecule has 4 N–H and O–H groups in total. The number of carbonyl (C=O) groups is 4. The first-order valence-electron chi connectivity index (χ1n) is 10.8. The number of nitrogens with two attached hydrogens (primary N) is 1. The maximum atomic E-state index is 13.1. The Labute approximate surface area is 218 Å². The van der Waals surface area contributed by atoms with Crippen LogP contribution in [0.15, 0.2) is 52.1 Å². The number of aromatic nitrogens is 2. The predicted octanol–water partition coefficient (Wildman–Crippen LogP) is -1.30. The molecule has 0 spiro atoms. The molecule has 3 atom stereocenters. The molecule has 2 aromatic heterocycles. The van der Waals surface area contributed by atoms with Crippen LogP contribution in [-0.4, -0.2) is 67.5 Å². The van der Waals surface area contributed by atoms with Crippen LogP contribution in [0.2, 0.25) is 0 Å². The number of anilines is 1. The molecule has 1 fully saturated rings. The Bertz CT molecular complexity index is 1310. The van der Waals surface area contributed by atoms with Crippen LogP contribution >= 0.6 is 23.1 Å². The number of oxime groups is 1. The number of rotatable bonds is 9. The summed E-state index contributed by atoms with van der Waals surface area (Å²) < 4.78 is 1.77. The van der Waals surface area contributed by atoms with Crippen molar-refractivity contribution in [1.82, 2.24) is 15.2 Å². The van der Waals surface area contributed by atoms with E-state index >= 15 is 0 Å². The standard InChI is InChI=1S/C22H22N6O7S2/c1-22(2,20(33)34)35-26-13(12-10-37-21(23)24-12)16(29)25-14-17(30)28-15(19(31)32)11(9-36-18(14)28)8-27-6-4-3-5-7-27/h3-7,9-10,14-15,18H,8H2,1-2H3,(H4-,23,24,25,29,31,32,33,34)/b26-13+. The molecule has 15 heteroatoms. The highest BCUT2D eigenvalue weighted by Crippen LogP contribution is 2.40. The van der Waals surface area contributed by atoms with Gasteiger partial charge in [-0.2, -0.15) is 0 Å². The molecule has 194 valence electrons. The average molecular weight is 547 g/mol. The zero-order valence-electron chi connectivity index (χ0n) is 19.6. The maximum Gasteiger partial charge on any atom is 0.350 e. The molecule has 0 saturated carbocycles. The highest BCUT2D eigenvalue weighted by molar-refractivity contribution is 8.02. The first-order valence-corrected chi connectivity index (χ1v) is 12.6. The molecule has 4 heterocycles. The molecule has 2 aliphatic heterocycles. The number of carboxylic acids is 2. The van der Waals surface area contributed by atoms with E-state index in [1.807, 2.05) is 6.07 Å². The Kier molecular flexibility index (Phi) is 7.18. The quantitative estimate of drug-likeness (QED) is 0.147. The molecule has 0 bridgehead atoms. The van der Waals surface area contributed by atoms with E-state index in [0.29, 0.717) is 5.57 Å². The maximum absolute atomic E-state index is 13.1. The molecule has 2 aromatic rings. The fourth-order valence-electron chi connectivity index (χ4n) is 3.59. The van der Waals surface area contributed by atoms with Crippen LogP contribution < -0.4 is 20.7 Å². The van der Waals surface area contributed by atoms with Crippen molar-refractivity contribution in [2.75, 3.05) is 5.73 Å². The van der Waals surface area contributed by atoms with E-state index in [2.05, 4.69) is 15.5 Å². The van der Waals surface area contributed by atoms with Crippen LogP contribution in [-0.2, 0) is 30.6 Å². The van der Waals surface area contributed by atoms with Crippen molar-refractivity contribution in [2.24, 2.45) is 5.16 Å². The summed E-state index contributed by atoms with van der Waals surface area (Å²) in [6.45, 7) is 2.72. The number of thioether (sulfide) groups is 1. The first-order chi connectivity index (χ1) is 17.5. The lowest BCUT2D eigenvalue weighted by atomic mass is 9.97. The van der Waals surface area contributed by atoms with Gasteiger partial charge in [-0.3, -0.25) is 9.59 Å². The average Bonchev–Trinajstić information content (AvgIpc) is 3.28. The molecule has 2 amide bonds. The number of pyridine rings is 1. The van der Waals surface area contributed by atoms with Gasteiger partial charge in [0.2, 0.25) is 11.5 Å². The van der Waals surface area contributed by atoms with Crippen LogP contribution in [0.4, 0.5) is 5.13 Å². The highest BCUT2D eigenvalue weighted by atomic mass is 32.2. The zero-order chi connectivity index (χ0) is 26.9. The number of nitrogen functional groups attached to an aromatic ring is 1. The summed E-state index contributed by atoms with van der Waals surface area (Å²) in [6.07, 6.45) is 3.54. The summed E-state index contributed by atoms with van der Waals surface area (Å²) in [7, 11) is 0. The molecule has 37 heavy (non-hydrogen) atoms. The summed E-state index contributed by atoms with van der Waals surface area (Å²) in [5, 5.41) is 30.0. The van der Waals surface area contributed by atoms with Gasteiger partial charge in [-0.1, -0.05) is 11.2 Å². The summed E-state index contributed by atoms with van der Waals surface area (Å²) in [5.41, 5.74) is 4.00. The Morgan fingerprint density at radius 2 is 2.03 bits per heavy atom. The number of hydrogen-bond acceptors (Lipinski definition) is 11. The lowest BCUT2D eigenvalue weighted by Crippen LogP contribution is -2.75. The van der Waals surface area contributed by atoms with Gasteiger partial charge in [0.1, 0.15) is 23.2 Å². The number of thiazole rings is 1. The third kappa shape index (κ3) is 5.27. The van der Waals surface area contributed by atoms with Crippen molar-refractivity contribution in [3.05, 3.63) is 52.6 Å². The van der Waals surface area contributed by atoms with Gasteiger partial charge in [-0.25, -0.2) is 14.3 Å². The summed E-state index contributed by atoms with van der Waals surface area (Å²) in [5.74, 6) is -4.24. The number of β-lactam (4-membered cyclic amide) rings is 1. The molecular formula is C22H22N6O7S2. The van der Waals surface area contributed by atoms with Crippen molar-refractivity contribution in [3.8, 4) is 0 Å². The normalized spacial score (nSPS) is 21.4. The van der Waals surface area contributed by atoms with Gasteiger partial charge in [0, 0.05) is 23.1 Å². The predicted molar refractivity (Wildman–Crippen MR) is 130 cm³/mol. The van der Waals surface area contributed by atoms with Crippen LogP contribution in [0.3, 0.4) is 0 Å². The smallest absolute Gasteiger partial charge is 0.350 e. The third-order valence-electron chi connectivity index (χ3n) is 5.58. The van der Waals surface area contributed by atoms with E-state index in [1.165, 1.54) is 31.0 Å². The minimum absolute atomic E-state index is 0.0239. The fourth-order valence-corrected chi connectivity index (χ4v) is 5.35. The van der Waals surface area contributed by atoms with Gasteiger partial charge < -0.3 is 35.8 Å². The third-order valence-corrected chi connectivity index (χ3v) is 7.47. The minimum atomic E-state index is -1.75. The summed E-state index contributed by atoms with van der Waals surface area (Å²) in [4.78, 5) is 59.7. The van der Waals surface area contributed by atoms with Crippen LogP contribution in [0, 0.1) is 0 Å². The van der Waals surface area contributed by atoms with Gasteiger partial charge in [0.25, 0.3) is 5.91 Å². The summed E-state index contributed by atoms with van der Waals surface area (Å²) in [6, 6.07) is 3.04. The number of aliphatic carboxylic acids is 2. The molecule has 4 rings (SSSR count). The van der Waals surface area contributed by atoms with Crippen molar-refractivity contribution < 1.29 is 38.8 Å². The highest BCUT2D eigenvalue weighted by Gasteiger charge is 2.55. The Hall–Kier alpha value is -3.98. The minimum Gasteiger partial charge on any atom is -0.548 e. The van der Waals surface area contributed by atoms with E-state index < -0.39 is 46.8 Å². The molecule has 13 nitrogen and oxygen atoms in total. The van der Waals surface area contributed by atoms with Gasteiger partial charge in [-0.05, 0) is 19.3 Å². The van der Waals surface area contributed by atoms with E-state index in [1.54, 1.807) is 34.5 Å². The molecule has 3 unspecified atom stereocenters. The van der Waals surface area contributed by atoms with E-state index in [4.69, 9.17) is 10.6 Å². The van der Waals surface area contributed by atoms with Crippen molar-refractivity contribution >= 4 is 57.7 Å². The van der Waals surface area contributed by atoms with Crippen molar-refractivity contribution in [2.45, 2.75) is 43.5 Å². The number of amides is 2. The number of carbonyl (C=O) groups excluding carboxylic acids is 3. The number of fused-ring (bicyclic) bond motifs is 1. The molecular weight excluding hydrogens is 524 g/mol. The molecule has 0 aromatic carbocycles. The second-order valence-corrected chi connectivity index (χ2v) is 10.5. The number of hydrogen-bond donors (Lipinski definition) is 3. The summed E-state index contributed by atoms with van der Waals surface area (Å²) >= 11 is 2.21. The lowest BCUT2D eigenvalue weighted by molar-refractivity contribution is -0.689. The molecule has 2 aliphatic rings. The van der Waals surface area contributed by atoms with Crippen LogP contribution in [0.1, 0.15) is 19.5 Å². The van der Waals surface area contributed by atoms with Crippen LogP contribution in [0.25, 0.3) is 0 Å². The number of nitrogens with zero attached hydrogens (tertiary/aromatic N) is 4. The van der Waals surface area contributed by atoms with Gasteiger partial charge in [-0.15, -0.1) is 23.1 Å². The van der Waals surface area contributed by atoms with Gasteiger partial charge in [0.15, 0.2) is 29.8 Å². The second kappa shape index (κ2) is 10.2. The lowest BCUT2D eigenvalue weighted by Gasteiger charge is -2.52. The molecule has 0 aliphatic carbocycles. The Morgan fingerprint density at radius 1 is 1.32 bits per heavy atom. The van der Waals surface area contributed by atoms with E-state index in [0.717, 1.165) is 16.2 Å². The largest absolute Gasteiger partial charge is 0.548 e. The van der Waals surface area contributed by atoms with E-state index in [9.17, 15) is 29.4 Å². The van der Waals surface area contributed by atoms with Gasteiger partial charge >= 0.3 is 5.97 Å². The zero-order valence-corrected chi connectivity index (χ0v) is 21.2.